The van der Waals surface area contributed by atoms with Crippen LogP contribution >= 0.6 is 0 Å². The molecule has 20 heavy (non-hydrogen) atoms. The van der Waals surface area contributed by atoms with Crippen molar-refractivity contribution >= 4 is 5.91 Å². The molecule has 1 fully saturated rings. The van der Waals surface area contributed by atoms with Crippen LogP contribution in [0.2, 0.25) is 0 Å². The number of hydrogen-bond acceptors (Lipinski definition) is 3. The lowest BCUT2D eigenvalue weighted by Gasteiger charge is -2.23. The van der Waals surface area contributed by atoms with Crippen LogP contribution in [-0.2, 0) is 6.54 Å². The molecule has 1 aromatic rings. The van der Waals surface area contributed by atoms with Crippen LogP contribution in [0.25, 0.3) is 0 Å². The zero-order valence-electron chi connectivity index (χ0n) is 12.3. The number of hydrogen-bond donors (Lipinski definition) is 2. The van der Waals surface area contributed by atoms with Gasteiger partial charge in [0.25, 0.3) is 5.91 Å². The predicted molar refractivity (Wildman–Crippen MR) is 81.6 cm³/mol. The molecule has 110 valence electrons. The average molecular weight is 275 g/mol. The van der Waals surface area contributed by atoms with Crippen molar-refractivity contribution in [3.8, 4) is 0 Å². The van der Waals surface area contributed by atoms with E-state index in [2.05, 4.69) is 17.3 Å². The number of likely N-dealkylation sites (N-methyl/N-ethyl adjacent to an activating group) is 1. The summed E-state index contributed by atoms with van der Waals surface area (Å²) in [6.45, 7) is 2.07. The highest BCUT2D eigenvalue weighted by molar-refractivity contribution is 5.94. The molecule has 0 radical (unpaired) electrons. The fourth-order valence-electron chi connectivity index (χ4n) is 2.81. The van der Waals surface area contributed by atoms with Crippen LogP contribution in [0.1, 0.15) is 41.6 Å². The first kappa shape index (κ1) is 15.0. The van der Waals surface area contributed by atoms with Crippen LogP contribution in [0.5, 0.6) is 0 Å². The van der Waals surface area contributed by atoms with Crippen molar-refractivity contribution in [1.82, 2.24) is 10.2 Å². The minimum Gasteiger partial charge on any atom is -0.351 e. The Hall–Kier alpha value is -1.39. The molecule has 0 bridgehead atoms. The SMILES string of the molecule is CN(CCNC(=O)c1cccc(CN)c1)C1CCCC1. The van der Waals surface area contributed by atoms with Gasteiger partial charge in [0.05, 0.1) is 0 Å². The van der Waals surface area contributed by atoms with E-state index in [1.807, 2.05) is 24.3 Å². The zero-order chi connectivity index (χ0) is 14.4. The fourth-order valence-corrected chi connectivity index (χ4v) is 2.81. The Kier molecular flexibility index (Phi) is 5.56. The van der Waals surface area contributed by atoms with Crippen LogP contribution in [0, 0.1) is 0 Å². The fraction of sp³-hybridized carbons (Fsp3) is 0.562. The molecular formula is C16H25N3O. The van der Waals surface area contributed by atoms with Gasteiger partial charge in [-0.25, -0.2) is 0 Å². The van der Waals surface area contributed by atoms with Gasteiger partial charge in [-0.3, -0.25) is 4.79 Å². The number of carbonyl (C=O) groups is 1. The van der Waals surface area contributed by atoms with Crippen molar-refractivity contribution in [1.29, 1.82) is 0 Å². The Morgan fingerprint density at radius 3 is 2.85 bits per heavy atom. The Labute approximate surface area is 121 Å². The Bertz CT molecular complexity index is 441. The third kappa shape index (κ3) is 4.05. The van der Waals surface area contributed by atoms with E-state index in [4.69, 9.17) is 5.73 Å². The van der Waals surface area contributed by atoms with Crippen molar-refractivity contribution in [2.45, 2.75) is 38.3 Å². The lowest BCUT2D eigenvalue weighted by Crippen LogP contribution is -2.37. The highest BCUT2D eigenvalue weighted by atomic mass is 16.1. The van der Waals surface area contributed by atoms with Crippen LogP contribution in [0.15, 0.2) is 24.3 Å². The molecule has 4 heteroatoms. The van der Waals surface area contributed by atoms with E-state index in [1.165, 1.54) is 25.7 Å². The van der Waals surface area contributed by atoms with E-state index in [0.29, 0.717) is 24.7 Å². The molecule has 0 spiro atoms. The minimum atomic E-state index is -0.0138. The van der Waals surface area contributed by atoms with Gasteiger partial charge in [0, 0.05) is 31.2 Å². The molecule has 4 nitrogen and oxygen atoms in total. The molecule has 1 aliphatic rings. The van der Waals surface area contributed by atoms with Crippen molar-refractivity contribution in [2.75, 3.05) is 20.1 Å². The van der Waals surface area contributed by atoms with Gasteiger partial charge in [0.15, 0.2) is 0 Å². The second-order valence-corrected chi connectivity index (χ2v) is 5.58. The summed E-state index contributed by atoms with van der Waals surface area (Å²) in [5.41, 5.74) is 7.27. The summed E-state index contributed by atoms with van der Waals surface area (Å²) in [4.78, 5) is 14.4. The average Bonchev–Trinajstić information content (AvgIpc) is 3.01. The maximum absolute atomic E-state index is 12.0. The summed E-state index contributed by atoms with van der Waals surface area (Å²) < 4.78 is 0. The third-order valence-corrected chi connectivity index (χ3v) is 4.12. The van der Waals surface area contributed by atoms with Gasteiger partial charge in [-0.2, -0.15) is 0 Å². The number of carbonyl (C=O) groups excluding carboxylic acids is 1. The highest BCUT2D eigenvalue weighted by Gasteiger charge is 2.19. The molecule has 0 aliphatic heterocycles. The minimum absolute atomic E-state index is 0.0138. The summed E-state index contributed by atoms with van der Waals surface area (Å²) >= 11 is 0. The van der Waals surface area contributed by atoms with Crippen molar-refractivity contribution in [3.63, 3.8) is 0 Å². The summed E-state index contributed by atoms with van der Waals surface area (Å²) in [5, 5.41) is 2.98. The van der Waals surface area contributed by atoms with Gasteiger partial charge in [-0.1, -0.05) is 25.0 Å². The van der Waals surface area contributed by atoms with Crippen LogP contribution in [-0.4, -0.2) is 37.0 Å². The lowest BCUT2D eigenvalue weighted by atomic mass is 10.1. The largest absolute Gasteiger partial charge is 0.351 e. The van der Waals surface area contributed by atoms with E-state index in [-0.39, 0.29) is 5.91 Å². The Morgan fingerprint density at radius 1 is 1.40 bits per heavy atom. The molecule has 0 atom stereocenters. The second-order valence-electron chi connectivity index (χ2n) is 5.58. The summed E-state index contributed by atoms with van der Waals surface area (Å²) in [6, 6.07) is 8.20. The molecule has 0 saturated heterocycles. The lowest BCUT2D eigenvalue weighted by molar-refractivity contribution is 0.0947. The number of benzene rings is 1. The Balaban J connectivity index is 1.76. The number of amides is 1. The predicted octanol–water partition coefficient (Wildman–Crippen LogP) is 1.75. The third-order valence-electron chi connectivity index (χ3n) is 4.12. The molecule has 3 N–H and O–H groups in total. The second kappa shape index (κ2) is 7.41. The van der Waals surface area contributed by atoms with Gasteiger partial charge < -0.3 is 16.0 Å². The van der Waals surface area contributed by atoms with Crippen LogP contribution < -0.4 is 11.1 Å². The molecule has 2 rings (SSSR count). The molecule has 0 unspecified atom stereocenters. The monoisotopic (exact) mass is 275 g/mol. The topological polar surface area (TPSA) is 58.4 Å². The number of nitrogens with two attached hydrogens (primary N) is 1. The van der Waals surface area contributed by atoms with Crippen molar-refractivity contribution in [3.05, 3.63) is 35.4 Å². The normalized spacial score (nSPS) is 15.8. The molecule has 0 heterocycles. The van der Waals surface area contributed by atoms with E-state index < -0.39 is 0 Å². The quantitative estimate of drug-likeness (QED) is 0.831. The number of nitrogens with zero attached hydrogens (tertiary/aromatic N) is 1. The maximum atomic E-state index is 12.0. The highest BCUT2D eigenvalue weighted by Crippen LogP contribution is 2.21. The smallest absolute Gasteiger partial charge is 0.251 e. The maximum Gasteiger partial charge on any atom is 0.251 e. The summed E-state index contributed by atoms with van der Waals surface area (Å²) in [7, 11) is 2.15. The van der Waals surface area contributed by atoms with Gasteiger partial charge in [0.1, 0.15) is 0 Å². The molecule has 0 aromatic heterocycles. The van der Waals surface area contributed by atoms with E-state index in [9.17, 15) is 4.79 Å². The summed E-state index contributed by atoms with van der Waals surface area (Å²) in [5.74, 6) is -0.0138. The van der Waals surface area contributed by atoms with E-state index in [1.54, 1.807) is 0 Å². The zero-order valence-corrected chi connectivity index (χ0v) is 12.3. The van der Waals surface area contributed by atoms with Crippen LogP contribution in [0.4, 0.5) is 0 Å². The van der Waals surface area contributed by atoms with E-state index >= 15 is 0 Å². The van der Waals surface area contributed by atoms with Gasteiger partial charge in [0.2, 0.25) is 0 Å². The van der Waals surface area contributed by atoms with Gasteiger partial charge in [-0.05, 0) is 37.6 Å². The standard InChI is InChI=1S/C16H25N3O/c1-19(15-7-2-3-8-15)10-9-18-16(20)14-6-4-5-13(11-14)12-17/h4-6,11,15H,2-3,7-10,12,17H2,1H3,(H,18,20). The van der Waals surface area contributed by atoms with Crippen molar-refractivity contribution < 1.29 is 4.79 Å². The number of rotatable bonds is 6. The van der Waals surface area contributed by atoms with Crippen LogP contribution in [0.3, 0.4) is 0 Å². The number of nitrogens with one attached hydrogen (secondary N) is 1. The van der Waals surface area contributed by atoms with E-state index in [0.717, 1.165) is 12.1 Å². The molecule has 1 aromatic carbocycles. The molecule has 1 aliphatic carbocycles. The van der Waals surface area contributed by atoms with Gasteiger partial charge >= 0.3 is 0 Å². The summed E-state index contributed by atoms with van der Waals surface area (Å²) in [6.07, 6.45) is 5.27. The first-order valence-corrected chi connectivity index (χ1v) is 7.48. The first-order chi connectivity index (χ1) is 9.70. The molecular weight excluding hydrogens is 250 g/mol. The van der Waals surface area contributed by atoms with Gasteiger partial charge in [-0.15, -0.1) is 0 Å². The first-order valence-electron chi connectivity index (χ1n) is 7.48. The van der Waals surface area contributed by atoms with Crippen molar-refractivity contribution in [2.24, 2.45) is 5.73 Å². The Morgan fingerprint density at radius 2 is 2.15 bits per heavy atom. The molecule has 1 amide bonds. The molecule has 1 saturated carbocycles.